The number of benzene rings is 3. The van der Waals surface area contributed by atoms with Crippen molar-refractivity contribution in [2.75, 3.05) is 27.9 Å². The summed E-state index contributed by atoms with van der Waals surface area (Å²) >= 11 is 7.51. The molecule has 0 fully saturated rings. The number of hydrogen-bond donors (Lipinski definition) is 2. The molecule has 0 bridgehead atoms. The zero-order valence-electron chi connectivity index (χ0n) is 18.3. The Kier molecular flexibility index (Phi) is 8.97. The predicted octanol–water partition coefficient (Wildman–Crippen LogP) is 6.34. The van der Waals surface area contributed by atoms with Crippen LogP contribution in [0.3, 0.4) is 0 Å². The third-order valence-electron chi connectivity index (χ3n) is 4.67. The zero-order chi connectivity index (χ0) is 24.6. The van der Waals surface area contributed by atoms with Crippen molar-refractivity contribution >= 4 is 90.0 Å². The summed E-state index contributed by atoms with van der Waals surface area (Å²) in [6.45, 7) is 0. The van der Waals surface area contributed by atoms with Crippen LogP contribution in [0.1, 0.15) is 10.4 Å². The van der Waals surface area contributed by atoms with Gasteiger partial charge in [-0.3, -0.25) is 14.4 Å². The van der Waals surface area contributed by atoms with Gasteiger partial charge in [-0.05, 0) is 42.5 Å². The van der Waals surface area contributed by atoms with E-state index in [9.17, 15) is 14.4 Å². The lowest BCUT2D eigenvalue weighted by Crippen LogP contribution is -2.18. The lowest BCUT2D eigenvalue weighted by atomic mass is 10.2. The molecule has 0 aliphatic rings. The number of rotatable bonds is 10. The Balaban J connectivity index is 1.25. The number of thiazole rings is 1. The molecule has 4 aromatic rings. The Hall–Kier alpha value is -2.66. The average Bonchev–Trinajstić information content (AvgIpc) is 3.26. The number of halogens is 1. The minimum Gasteiger partial charge on any atom is -0.325 e. The molecule has 0 saturated carbocycles. The summed E-state index contributed by atoms with van der Waals surface area (Å²) < 4.78 is 2.66. The number of hydrogen-bond acceptors (Lipinski definition) is 7. The molecule has 4 rings (SSSR count). The smallest absolute Gasteiger partial charge is 0.234 e. The Morgan fingerprint density at radius 1 is 0.829 bits per heavy atom. The van der Waals surface area contributed by atoms with E-state index in [1.165, 1.54) is 34.9 Å². The number of amides is 2. The van der Waals surface area contributed by atoms with Crippen LogP contribution in [0.2, 0.25) is 0 Å². The van der Waals surface area contributed by atoms with Crippen LogP contribution < -0.4 is 10.6 Å². The Bertz CT molecular complexity index is 1340. The molecule has 1 heterocycles. The molecule has 0 aliphatic heterocycles. The van der Waals surface area contributed by atoms with E-state index in [2.05, 4.69) is 31.5 Å². The van der Waals surface area contributed by atoms with E-state index in [0.717, 1.165) is 24.7 Å². The second kappa shape index (κ2) is 12.3. The highest BCUT2D eigenvalue weighted by molar-refractivity contribution is 9.10. The van der Waals surface area contributed by atoms with Crippen molar-refractivity contribution < 1.29 is 14.4 Å². The van der Waals surface area contributed by atoms with Gasteiger partial charge < -0.3 is 10.6 Å². The zero-order valence-corrected chi connectivity index (χ0v) is 22.4. The lowest BCUT2D eigenvalue weighted by Gasteiger charge is -2.06. The summed E-state index contributed by atoms with van der Waals surface area (Å²) in [5.41, 5.74) is 2.89. The van der Waals surface area contributed by atoms with Gasteiger partial charge >= 0.3 is 0 Å². The molecule has 0 aliphatic carbocycles. The molecule has 10 heteroatoms. The molecule has 3 aromatic carbocycles. The molecule has 178 valence electrons. The third-order valence-corrected chi connectivity index (χ3v) is 8.29. The molecule has 0 atom stereocenters. The van der Waals surface area contributed by atoms with Crippen molar-refractivity contribution in [3.8, 4) is 0 Å². The van der Waals surface area contributed by atoms with E-state index in [4.69, 9.17) is 0 Å². The Labute approximate surface area is 223 Å². The second-order valence-corrected chi connectivity index (χ2v) is 11.5. The van der Waals surface area contributed by atoms with Gasteiger partial charge in [0, 0.05) is 21.4 Å². The van der Waals surface area contributed by atoms with Crippen LogP contribution in [0, 0.1) is 0 Å². The van der Waals surface area contributed by atoms with Crippen molar-refractivity contribution in [1.29, 1.82) is 0 Å². The van der Waals surface area contributed by atoms with Crippen LogP contribution in [0.25, 0.3) is 10.2 Å². The highest BCUT2D eigenvalue weighted by Crippen LogP contribution is 2.31. The van der Waals surface area contributed by atoms with Crippen molar-refractivity contribution in [2.45, 2.75) is 4.34 Å². The van der Waals surface area contributed by atoms with Crippen LogP contribution in [0.5, 0.6) is 0 Å². The lowest BCUT2D eigenvalue weighted by molar-refractivity contribution is -0.114. The summed E-state index contributed by atoms with van der Waals surface area (Å²) in [7, 11) is 0. The second-order valence-electron chi connectivity index (χ2n) is 7.34. The number of ketones is 1. The number of Topliss-reactive ketones (excluding diaryl/α,β-unsaturated/α-hetero) is 1. The summed E-state index contributed by atoms with van der Waals surface area (Å²) in [4.78, 5) is 41.3. The molecule has 0 saturated heterocycles. The summed E-state index contributed by atoms with van der Waals surface area (Å²) in [5.74, 6) is 0.382. The van der Waals surface area contributed by atoms with Gasteiger partial charge in [0.2, 0.25) is 11.8 Å². The number of aromatic nitrogens is 1. The number of anilines is 2. The standard InChI is InChI=1S/C25H20BrN3O3S3/c26-17-8-6-16(7-9-17)21(30)13-34-25-29-20-11-10-19(12-22(20)35-25)28-24(32)15-33-14-23(31)27-18-4-2-1-3-5-18/h1-12H,13-15H2,(H,27,31)(H,28,32). The van der Waals surface area contributed by atoms with Gasteiger partial charge in [0.25, 0.3) is 0 Å². The quantitative estimate of drug-likeness (QED) is 0.167. The molecular weight excluding hydrogens is 566 g/mol. The number of nitrogens with zero attached hydrogens (tertiary/aromatic N) is 1. The molecule has 0 spiro atoms. The highest BCUT2D eigenvalue weighted by Gasteiger charge is 2.12. The minimum absolute atomic E-state index is 0.0460. The molecule has 0 unspecified atom stereocenters. The van der Waals surface area contributed by atoms with E-state index < -0.39 is 0 Å². The van der Waals surface area contributed by atoms with E-state index in [1.54, 1.807) is 18.2 Å². The third kappa shape index (κ3) is 7.66. The molecular formula is C25H20BrN3O3S3. The first kappa shape index (κ1) is 25.4. The highest BCUT2D eigenvalue weighted by atomic mass is 79.9. The van der Waals surface area contributed by atoms with Crippen LogP contribution in [0.15, 0.2) is 81.6 Å². The van der Waals surface area contributed by atoms with Crippen molar-refractivity contribution in [1.82, 2.24) is 4.98 Å². The van der Waals surface area contributed by atoms with E-state index >= 15 is 0 Å². The van der Waals surface area contributed by atoms with Crippen molar-refractivity contribution in [3.05, 3.63) is 82.8 Å². The van der Waals surface area contributed by atoms with Gasteiger partial charge in [-0.2, -0.15) is 0 Å². The normalized spacial score (nSPS) is 10.8. The molecule has 1 aromatic heterocycles. The van der Waals surface area contributed by atoms with Crippen LogP contribution in [-0.2, 0) is 9.59 Å². The van der Waals surface area contributed by atoms with Gasteiger partial charge in [-0.15, -0.1) is 23.1 Å². The van der Waals surface area contributed by atoms with Crippen molar-refractivity contribution in [2.24, 2.45) is 0 Å². The van der Waals surface area contributed by atoms with Gasteiger partial charge in [0.1, 0.15) is 0 Å². The van der Waals surface area contributed by atoms with Gasteiger partial charge in [-0.25, -0.2) is 4.98 Å². The number of thioether (sulfide) groups is 2. The average molecular weight is 587 g/mol. The van der Waals surface area contributed by atoms with Crippen molar-refractivity contribution in [3.63, 3.8) is 0 Å². The molecule has 6 nitrogen and oxygen atoms in total. The van der Waals surface area contributed by atoms with Gasteiger partial charge in [-0.1, -0.05) is 58.0 Å². The number of nitrogens with one attached hydrogen (secondary N) is 2. The fraction of sp³-hybridized carbons (Fsp3) is 0.120. The van der Waals surface area contributed by atoms with E-state index in [-0.39, 0.29) is 29.1 Å². The maximum absolute atomic E-state index is 12.4. The van der Waals surface area contributed by atoms with E-state index in [1.807, 2.05) is 54.6 Å². The van der Waals surface area contributed by atoms with Gasteiger partial charge in [0.05, 0.1) is 27.5 Å². The maximum Gasteiger partial charge on any atom is 0.234 e. The molecule has 35 heavy (non-hydrogen) atoms. The van der Waals surface area contributed by atoms with E-state index in [0.29, 0.717) is 17.0 Å². The summed E-state index contributed by atoms with van der Waals surface area (Å²) in [5, 5.41) is 5.66. The number of fused-ring (bicyclic) bond motifs is 1. The first-order valence-corrected chi connectivity index (χ1v) is 14.3. The first-order chi connectivity index (χ1) is 17.0. The molecule has 2 N–H and O–H groups in total. The number of carbonyl (C=O) groups excluding carboxylic acids is 3. The monoisotopic (exact) mass is 585 g/mol. The largest absolute Gasteiger partial charge is 0.325 e. The topological polar surface area (TPSA) is 88.2 Å². The van der Waals surface area contributed by atoms with Gasteiger partial charge in [0.15, 0.2) is 10.1 Å². The first-order valence-electron chi connectivity index (χ1n) is 10.5. The molecule has 2 amide bonds. The van der Waals surface area contributed by atoms with Crippen LogP contribution in [-0.4, -0.2) is 39.8 Å². The predicted molar refractivity (Wildman–Crippen MR) is 150 cm³/mol. The van der Waals surface area contributed by atoms with Crippen LogP contribution in [0.4, 0.5) is 11.4 Å². The maximum atomic E-state index is 12.4. The number of carbonyl (C=O) groups is 3. The summed E-state index contributed by atoms with van der Waals surface area (Å²) in [6, 6.07) is 22.0. The SMILES string of the molecule is O=C(CSCC(=O)Nc1ccc2nc(SCC(=O)c3ccc(Br)cc3)sc2c1)Nc1ccccc1. The van der Waals surface area contributed by atoms with Crippen LogP contribution >= 0.6 is 50.8 Å². The fourth-order valence-corrected chi connectivity index (χ4v) is 5.93. The Morgan fingerprint density at radius 3 is 2.23 bits per heavy atom. The minimum atomic E-state index is -0.180. The number of para-hydroxylation sites is 1. The summed E-state index contributed by atoms with van der Waals surface area (Å²) in [6.07, 6.45) is 0. The Morgan fingerprint density at radius 2 is 1.51 bits per heavy atom. The fourth-order valence-electron chi connectivity index (χ4n) is 3.04. The molecule has 0 radical (unpaired) electrons.